The Hall–Kier alpha value is -1.57. The lowest BCUT2D eigenvalue weighted by atomic mass is 9.87. The second kappa shape index (κ2) is 4.84. The Morgan fingerprint density at radius 1 is 1.53 bits per heavy atom. The third-order valence-corrected chi connectivity index (χ3v) is 3.35. The van der Waals surface area contributed by atoms with Gasteiger partial charge in [-0.25, -0.2) is 0 Å². The monoisotopic (exact) mass is 268 g/mol. The molecule has 104 valence electrons. The maximum absolute atomic E-state index is 11.0. The smallest absolute Gasteiger partial charge is 0.293 e. The minimum atomic E-state index is -1.02. The predicted octanol–water partition coefficient (Wildman–Crippen LogP) is 0.952. The van der Waals surface area contributed by atoms with Crippen molar-refractivity contribution < 1.29 is 19.9 Å². The van der Waals surface area contributed by atoms with Crippen molar-refractivity contribution >= 4 is 5.69 Å². The fourth-order valence-electron chi connectivity index (χ4n) is 2.31. The van der Waals surface area contributed by atoms with Crippen LogP contribution in [0.25, 0.3) is 0 Å². The molecule has 1 aromatic rings. The van der Waals surface area contributed by atoms with Gasteiger partial charge < -0.3 is 14.9 Å². The van der Waals surface area contributed by atoms with Crippen molar-refractivity contribution in [3.8, 4) is 0 Å². The summed E-state index contributed by atoms with van der Waals surface area (Å²) >= 11 is 0. The summed E-state index contributed by atoms with van der Waals surface area (Å²) in [5.41, 5.74) is -0.759. The van der Waals surface area contributed by atoms with Gasteiger partial charge in [-0.1, -0.05) is 0 Å². The number of rotatable bonds is 2. The quantitative estimate of drug-likeness (QED) is 0.611. The van der Waals surface area contributed by atoms with Crippen molar-refractivity contribution in [3.63, 3.8) is 0 Å². The SMILES string of the molecule is CC1(C)OC(c2ccncc2[N+](=O)[O-])CC(O)C1O. The molecule has 1 aliphatic rings. The number of nitrogens with zero attached hydrogens (tertiary/aromatic N) is 2. The Morgan fingerprint density at radius 2 is 2.21 bits per heavy atom. The lowest BCUT2D eigenvalue weighted by molar-refractivity contribution is -0.387. The molecule has 2 rings (SSSR count). The highest BCUT2D eigenvalue weighted by Crippen LogP contribution is 2.39. The molecule has 1 saturated heterocycles. The van der Waals surface area contributed by atoms with Crippen LogP contribution in [0, 0.1) is 10.1 Å². The van der Waals surface area contributed by atoms with E-state index in [0.717, 1.165) is 6.20 Å². The first-order chi connectivity index (χ1) is 8.83. The van der Waals surface area contributed by atoms with Gasteiger partial charge in [0, 0.05) is 12.6 Å². The number of aliphatic hydroxyl groups is 2. The molecule has 0 amide bonds. The van der Waals surface area contributed by atoms with Gasteiger partial charge in [0.15, 0.2) is 0 Å². The Bertz CT molecular complexity index is 491. The average molecular weight is 268 g/mol. The van der Waals surface area contributed by atoms with Crippen LogP contribution in [0.1, 0.15) is 31.9 Å². The van der Waals surface area contributed by atoms with Gasteiger partial charge in [-0.05, 0) is 19.9 Å². The first kappa shape index (κ1) is 13.9. The van der Waals surface area contributed by atoms with Crippen LogP contribution in [0.3, 0.4) is 0 Å². The Morgan fingerprint density at radius 3 is 2.79 bits per heavy atom. The fraction of sp³-hybridized carbons (Fsp3) is 0.583. The Balaban J connectivity index is 2.35. The molecule has 2 N–H and O–H groups in total. The number of hydrogen-bond donors (Lipinski definition) is 2. The van der Waals surface area contributed by atoms with Crippen molar-refractivity contribution in [3.05, 3.63) is 34.1 Å². The van der Waals surface area contributed by atoms with E-state index in [-0.39, 0.29) is 12.1 Å². The molecule has 3 atom stereocenters. The van der Waals surface area contributed by atoms with E-state index in [2.05, 4.69) is 4.98 Å². The molecule has 7 nitrogen and oxygen atoms in total. The second-order valence-electron chi connectivity index (χ2n) is 5.15. The van der Waals surface area contributed by atoms with Crippen LogP contribution in [-0.4, -0.2) is 37.9 Å². The second-order valence-corrected chi connectivity index (χ2v) is 5.15. The molecule has 7 heteroatoms. The minimum Gasteiger partial charge on any atom is -0.390 e. The molecule has 2 heterocycles. The summed E-state index contributed by atoms with van der Waals surface area (Å²) in [6.07, 6.45) is 0.0530. The van der Waals surface area contributed by atoms with Crippen molar-refractivity contribution in [1.29, 1.82) is 0 Å². The molecule has 0 aromatic carbocycles. The molecular formula is C12H16N2O5. The van der Waals surface area contributed by atoms with E-state index >= 15 is 0 Å². The van der Waals surface area contributed by atoms with Crippen LogP contribution in [-0.2, 0) is 4.74 Å². The van der Waals surface area contributed by atoms with E-state index in [4.69, 9.17) is 4.74 Å². The zero-order chi connectivity index (χ0) is 14.2. The highest BCUT2D eigenvalue weighted by molar-refractivity contribution is 5.39. The van der Waals surface area contributed by atoms with E-state index in [1.807, 2.05) is 0 Å². The van der Waals surface area contributed by atoms with Crippen molar-refractivity contribution in [2.45, 2.75) is 44.2 Å². The van der Waals surface area contributed by atoms with Gasteiger partial charge in [-0.2, -0.15) is 0 Å². The zero-order valence-corrected chi connectivity index (χ0v) is 10.7. The first-order valence-corrected chi connectivity index (χ1v) is 5.95. The molecule has 0 saturated carbocycles. The van der Waals surface area contributed by atoms with Gasteiger partial charge in [0.2, 0.25) is 0 Å². The average Bonchev–Trinajstić information content (AvgIpc) is 2.35. The summed E-state index contributed by atoms with van der Waals surface area (Å²) in [6.45, 7) is 3.28. The predicted molar refractivity (Wildman–Crippen MR) is 65.4 cm³/mol. The summed E-state index contributed by atoms with van der Waals surface area (Å²) < 4.78 is 5.69. The van der Waals surface area contributed by atoms with E-state index in [9.17, 15) is 20.3 Å². The molecule has 19 heavy (non-hydrogen) atoms. The number of aliphatic hydroxyl groups excluding tert-OH is 2. The van der Waals surface area contributed by atoms with Gasteiger partial charge in [0.25, 0.3) is 5.69 Å². The van der Waals surface area contributed by atoms with Gasteiger partial charge in [0.05, 0.1) is 28.3 Å². The van der Waals surface area contributed by atoms with E-state index in [0.29, 0.717) is 5.56 Å². The van der Waals surface area contributed by atoms with Crippen LogP contribution >= 0.6 is 0 Å². The summed E-state index contributed by atoms with van der Waals surface area (Å²) in [4.78, 5) is 14.2. The van der Waals surface area contributed by atoms with Gasteiger partial charge >= 0.3 is 0 Å². The van der Waals surface area contributed by atoms with Crippen molar-refractivity contribution in [1.82, 2.24) is 4.98 Å². The topological polar surface area (TPSA) is 106 Å². The molecule has 0 spiro atoms. The summed E-state index contributed by atoms with van der Waals surface area (Å²) in [6, 6.07) is 1.50. The molecule has 0 bridgehead atoms. The standard InChI is InChI=1S/C12H16N2O5/c1-12(2)11(16)9(15)5-10(19-12)7-3-4-13-6-8(7)14(17)18/h3-4,6,9-11,15-16H,5H2,1-2H3. The molecule has 0 aliphatic carbocycles. The molecular weight excluding hydrogens is 252 g/mol. The van der Waals surface area contributed by atoms with E-state index in [1.165, 1.54) is 12.3 Å². The molecule has 3 unspecified atom stereocenters. The number of pyridine rings is 1. The maximum Gasteiger partial charge on any atom is 0.293 e. The number of hydrogen-bond acceptors (Lipinski definition) is 6. The minimum absolute atomic E-state index is 0.107. The van der Waals surface area contributed by atoms with Gasteiger partial charge in [0.1, 0.15) is 12.3 Å². The molecule has 1 aromatic heterocycles. The van der Waals surface area contributed by atoms with Crippen LogP contribution in [0.4, 0.5) is 5.69 Å². The number of nitro groups is 1. The largest absolute Gasteiger partial charge is 0.390 e. The lowest BCUT2D eigenvalue weighted by Crippen LogP contribution is -2.52. The highest BCUT2D eigenvalue weighted by Gasteiger charge is 2.44. The van der Waals surface area contributed by atoms with Crippen LogP contribution in [0.2, 0.25) is 0 Å². The summed E-state index contributed by atoms with van der Waals surface area (Å²) in [7, 11) is 0. The molecule has 0 radical (unpaired) electrons. The van der Waals surface area contributed by atoms with Crippen LogP contribution in [0.5, 0.6) is 0 Å². The third-order valence-electron chi connectivity index (χ3n) is 3.35. The zero-order valence-electron chi connectivity index (χ0n) is 10.7. The van der Waals surface area contributed by atoms with E-state index in [1.54, 1.807) is 13.8 Å². The first-order valence-electron chi connectivity index (χ1n) is 5.95. The van der Waals surface area contributed by atoms with Crippen molar-refractivity contribution in [2.24, 2.45) is 0 Å². The third kappa shape index (κ3) is 2.58. The molecule has 1 aliphatic heterocycles. The highest BCUT2D eigenvalue weighted by atomic mass is 16.6. The summed E-state index contributed by atoms with van der Waals surface area (Å²) in [5, 5.41) is 30.7. The normalized spacial score (nSPS) is 30.0. The Labute approximate surface area is 110 Å². The molecule has 1 fully saturated rings. The Kier molecular flexibility index (Phi) is 3.53. The van der Waals surface area contributed by atoms with Gasteiger partial charge in [-0.15, -0.1) is 0 Å². The fourth-order valence-corrected chi connectivity index (χ4v) is 2.31. The number of aromatic nitrogens is 1. The van der Waals surface area contributed by atoms with Crippen molar-refractivity contribution in [2.75, 3.05) is 0 Å². The van der Waals surface area contributed by atoms with Crippen LogP contribution < -0.4 is 0 Å². The lowest BCUT2D eigenvalue weighted by Gasteiger charge is -2.42. The number of ether oxygens (including phenoxy) is 1. The van der Waals surface area contributed by atoms with E-state index < -0.39 is 28.8 Å². The van der Waals surface area contributed by atoms with Gasteiger partial charge in [-0.3, -0.25) is 15.1 Å². The summed E-state index contributed by atoms with van der Waals surface area (Å²) in [5.74, 6) is 0. The maximum atomic E-state index is 11.0. The van der Waals surface area contributed by atoms with Crippen LogP contribution in [0.15, 0.2) is 18.5 Å².